The standard InChI is InChI=1S/C23H22F2N2O3/c1-13-20(15(3)28)14(2)26-21(13)22(29)27-18-9-10-19(30-23(24)25)17(12-18)11-16-7-5-4-6-8-16/h4-10,12,23,26H,11H2,1-3H3,(H,27,29). The molecule has 2 aromatic carbocycles. The second-order valence-electron chi connectivity index (χ2n) is 7.00. The molecule has 0 bridgehead atoms. The molecule has 0 radical (unpaired) electrons. The summed E-state index contributed by atoms with van der Waals surface area (Å²) in [5.74, 6) is -0.493. The predicted molar refractivity (Wildman–Crippen MR) is 111 cm³/mol. The first-order valence-corrected chi connectivity index (χ1v) is 9.39. The predicted octanol–water partition coefficient (Wildman–Crippen LogP) is 5.28. The average molecular weight is 412 g/mol. The van der Waals surface area contributed by atoms with Gasteiger partial charge in [-0.3, -0.25) is 9.59 Å². The SMILES string of the molecule is CC(=O)c1c(C)[nH]c(C(=O)Nc2ccc(OC(F)F)c(Cc3ccccc3)c2)c1C. The van der Waals surface area contributed by atoms with Gasteiger partial charge in [-0.1, -0.05) is 30.3 Å². The van der Waals surface area contributed by atoms with Crippen LogP contribution in [0.3, 0.4) is 0 Å². The van der Waals surface area contributed by atoms with Crippen LogP contribution in [0.2, 0.25) is 0 Å². The monoisotopic (exact) mass is 412 g/mol. The third kappa shape index (κ3) is 4.74. The number of halogens is 2. The number of amides is 1. The molecule has 2 N–H and O–H groups in total. The Bertz CT molecular complexity index is 1080. The van der Waals surface area contributed by atoms with Crippen molar-refractivity contribution in [2.24, 2.45) is 0 Å². The second kappa shape index (κ2) is 8.90. The van der Waals surface area contributed by atoms with Gasteiger partial charge in [0.2, 0.25) is 0 Å². The number of alkyl halides is 2. The van der Waals surface area contributed by atoms with Crippen LogP contribution in [0.5, 0.6) is 5.75 Å². The molecule has 0 aliphatic carbocycles. The summed E-state index contributed by atoms with van der Waals surface area (Å²) in [7, 11) is 0. The van der Waals surface area contributed by atoms with Crippen LogP contribution >= 0.6 is 0 Å². The van der Waals surface area contributed by atoms with Gasteiger partial charge in [-0.25, -0.2) is 0 Å². The topological polar surface area (TPSA) is 71.2 Å². The summed E-state index contributed by atoms with van der Waals surface area (Å²) in [5.41, 5.74) is 3.84. The maximum absolute atomic E-state index is 12.8. The number of nitrogens with one attached hydrogen (secondary N) is 2. The van der Waals surface area contributed by atoms with Crippen molar-refractivity contribution in [2.45, 2.75) is 33.8 Å². The summed E-state index contributed by atoms with van der Waals surface area (Å²) in [4.78, 5) is 27.5. The molecule has 5 nitrogen and oxygen atoms in total. The molecule has 0 aliphatic heterocycles. The summed E-state index contributed by atoms with van der Waals surface area (Å²) >= 11 is 0. The zero-order valence-corrected chi connectivity index (χ0v) is 16.9. The number of H-pyrrole nitrogens is 1. The normalized spacial score (nSPS) is 10.9. The van der Waals surface area contributed by atoms with E-state index in [1.807, 2.05) is 30.3 Å². The van der Waals surface area contributed by atoms with E-state index in [4.69, 9.17) is 0 Å². The molecule has 0 saturated heterocycles. The van der Waals surface area contributed by atoms with Crippen LogP contribution in [-0.2, 0) is 6.42 Å². The molecule has 0 unspecified atom stereocenters. The summed E-state index contributed by atoms with van der Waals surface area (Å²) in [6, 6.07) is 13.9. The number of ether oxygens (including phenoxy) is 1. The van der Waals surface area contributed by atoms with Crippen LogP contribution < -0.4 is 10.1 Å². The molecule has 0 atom stereocenters. The van der Waals surface area contributed by atoms with Crippen LogP contribution in [0.25, 0.3) is 0 Å². The molecule has 0 aliphatic rings. The van der Waals surface area contributed by atoms with Crippen molar-refractivity contribution in [3.05, 3.63) is 82.2 Å². The first-order valence-electron chi connectivity index (χ1n) is 9.39. The van der Waals surface area contributed by atoms with Crippen molar-refractivity contribution >= 4 is 17.4 Å². The summed E-state index contributed by atoms with van der Waals surface area (Å²) in [6.45, 7) is 1.93. The van der Waals surface area contributed by atoms with Gasteiger partial charge in [0.25, 0.3) is 5.91 Å². The number of benzene rings is 2. The fourth-order valence-corrected chi connectivity index (χ4v) is 3.52. The molecule has 0 fully saturated rings. The van der Waals surface area contributed by atoms with Gasteiger partial charge >= 0.3 is 6.61 Å². The van der Waals surface area contributed by atoms with Crippen molar-refractivity contribution in [3.8, 4) is 5.75 Å². The molecule has 7 heteroatoms. The number of aromatic nitrogens is 1. The Hall–Kier alpha value is -3.48. The van der Waals surface area contributed by atoms with Gasteiger partial charge in [-0.2, -0.15) is 8.78 Å². The highest BCUT2D eigenvalue weighted by molar-refractivity contribution is 6.07. The largest absolute Gasteiger partial charge is 0.435 e. The van der Waals surface area contributed by atoms with Gasteiger partial charge in [-0.05, 0) is 50.1 Å². The fourth-order valence-electron chi connectivity index (χ4n) is 3.52. The van der Waals surface area contributed by atoms with E-state index in [9.17, 15) is 18.4 Å². The minimum atomic E-state index is -2.95. The van der Waals surface area contributed by atoms with Crippen LogP contribution in [0, 0.1) is 13.8 Å². The van der Waals surface area contributed by atoms with E-state index < -0.39 is 12.5 Å². The number of hydrogen-bond acceptors (Lipinski definition) is 3. The number of rotatable bonds is 7. The van der Waals surface area contributed by atoms with E-state index in [0.29, 0.717) is 34.5 Å². The number of hydrogen-bond donors (Lipinski definition) is 2. The van der Waals surface area contributed by atoms with E-state index >= 15 is 0 Å². The van der Waals surface area contributed by atoms with Gasteiger partial charge < -0.3 is 15.0 Å². The molecule has 1 amide bonds. The lowest BCUT2D eigenvalue weighted by molar-refractivity contribution is -0.0503. The lowest BCUT2D eigenvalue weighted by Gasteiger charge is -2.13. The third-order valence-corrected chi connectivity index (χ3v) is 4.79. The average Bonchev–Trinajstić information content (AvgIpc) is 2.98. The number of Topliss-reactive ketones (excluding diaryl/α,β-unsaturated/α-hetero) is 1. The number of ketones is 1. The number of carbonyl (C=O) groups excluding carboxylic acids is 2. The van der Waals surface area contributed by atoms with Gasteiger partial charge in [0, 0.05) is 28.9 Å². The number of aryl methyl sites for hydroxylation is 1. The van der Waals surface area contributed by atoms with Crippen molar-refractivity contribution in [1.29, 1.82) is 0 Å². The Kier molecular flexibility index (Phi) is 6.30. The Balaban J connectivity index is 1.89. The maximum atomic E-state index is 12.8. The Labute approximate surface area is 173 Å². The Morgan fingerprint density at radius 2 is 1.80 bits per heavy atom. The highest BCUT2D eigenvalue weighted by Gasteiger charge is 2.20. The highest BCUT2D eigenvalue weighted by Crippen LogP contribution is 2.28. The number of aromatic amines is 1. The molecule has 3 aromatic rings. The van der Waals surface area contributed by atoms with E-state index in [1.54, 1.807) is 19.9 Å². The van der Waals surface area contributed by atoms with Crippen LogP contribution in [0.1, 0.15) is 50.2 Å². The first-order chi connectivity index (χ1) is 14.3. The molecular formula is C23H22F2N2O3. The van der Waals surface area contributed by atoms with Gasteiger partial charge in [0.1, 0.15) is 11.4 Å². The molecule has 0 saturated carbocycles. The smallest absolute Gasteiger partial charge is 0.387 e. The minimum Gasteiger partial charge on any atom is -0.435 e. The van der Waals surface area contributed by atoms with Gasteiger partial charge in [0.05, 0.1) is 0 Å². The van der Waals surface area contributed by atoms with Crippen molar-refractivity contribution in [3.63, 3.8) is 0 Å². The quantitative estimate of drug-likeness (QED) is 0.519. The van der Waals surface area contributed by atoms with E-state index in [1.165, 1.54) is 19.1 Å². The zero-order valence-electron chi connectivity index (χ0n) is 16.9. The third-order valence-electron chi connectivity index (χ3n) is 4.79. The van der Waals surface area contributed by atoms with Gasteiger partial charge in [0.15, 0.2) is 5.78 Å². The molecular weight excluding hydrogens is 390 g/mol. The fraction of sp³-hybridized carbons (Fsp3) is 0.217. The van der Waals surface area contributed by atoms with E-state index in [0.717, 1.165) is 5.56 Å². The maximum Gasteiger partial charge on any atom is 0.387 e. The summed E-state index contributed by atoms with van der Waals surface area (Å²) in [5, 5.41) is 2.76. The minimum absolute atomic E-state index is 0.0533. The highest BCUT2D eigenvalue weighted by atomic mass is 19.3. The van der Waals surface area contributed by atoms with Crippen molar-refractivity contribution in [2.75, 3.05) is 5.32 Å². The van der Waals surface area contributed by atoms with E-state index in [-0.39, 0.29) is 17.2 Å². The molecule has 156 valence electrons. The zero-order chi connectivity index (χ0) is 21.8. The molecule has 0 spiro atoms. The molecule has 3 rings (SSSR count). The molecule has 1 aromatic heterocycles. The molecule has 30 heavy (non-hydrogen) atoms. The van der Waals surface area contributed by atoms with Gasteiger partial charge in [-0.15, -0.1) is 0 Å². The van der Waals surface area contributed by atoms with Crippen LogP contribution in [0.15, 0.2) is 48.5 Å². The number of anilines is 1. The number of carbonyl (C=O) groups is 2. The lowest BCUT2D eigenvalue weighted by Crippen LogP contribution is -2.14. The van der Waals surface area contributed by atoms with E-state index in [2.05, 4.69) is 15.0 Å². The summed E-state index contributed by atoms with van der Waals surface area (Å²) in [6.07, 6.45) is 0.363. The molecule has 1 heterocycles. The second-order valence-corrected chi connectivity index (χ2v) is 7.00. The lowest BCUT2D eigenvalue weighted by atomic mass is 10.0. The summed E-state index contributed by atoms with van der Waals surface area (Å²) < 4.78 is 30.2. The van der Waals surface area contributed by atoms with Crippen LogP contribution in [0.4, 0.5) is 14.5 Å². The van der Waals surface area contributed by atoms with Crippen molar-refractivity contribution < 1.29 is 23.1 Å². The van der Waals surface area contributed by atoms with Crippen LogP contribution in [-0.4, -0.2) is 23.3 Å². The van der Waals surface area contributed by atoms with Crippen molar-refractivity contribution in [1.82, 2.24) is 4.98 Å². The Morgan fingerprint density at radius 1 is 1.10 bits per heavy atom. The first kappa shape index (κ1) is 21.2. The Morgan fingerprint density at radius 3 is 2.40 bits per heavy atom.